The van der Waals surface area contributed by atoms with Crippen LogP contribution in [0.5, 0.6) is 0 Å². The van der Waals surface area contributed by atoms with Crippen LogP contribution >= 0.6 is 0 Å². The summed E-state index contributed by atoms with van der Waals surface area (Å²) in [5, 5.41) is 2.20. The Hall–Kier alpha value is -1.10. The van der Waals surface area contributed by atoms with Crippen LogP contribution in [0.2, 0.25) is 0 Å². The number of alkyl halides is 3. The first kappa shape index (κ1) is 14.9. The fourth-order valence-electron chi connectivity index (χ4n) is 1.20. The summed E-state index contributed by atoms with van der Waals surface area (Å²) in [5.74, 6) is 0. The summed E-state index contributed by atoms with van der Waals surface area (Å²) in [6.07, 6.45) is -4.31. The summed E-state index contributed by atoms with van der Waals surface area (Å²) in [7, 11) is 1.27. The number of hydrogen-bond donors (Lipinski definition) is 1. The van der Waals surface area contributed by atoms with Crippen LogP contribution in [0.4, 0.5) is 13.2 Å². The summed E-state index contributed by atoms with van der Waals surface area (Å²) < 4.78 is 37.3. The van der Waals surface area contributed by atoms with Crippen molar-refractivity contribution < 1.29 is 13.2 Å². The van der Waals surface area contributed by atoms with Crippen LogP contribution in [-0.2, 0) is 0 Å². The van der Waals surface area contributed by atoms with Gasteiger partial charge in [0.1, 0.15) is 6.04 Å². The summed E-state index contributed by atoms with van der Waals surface area (Å²) in [6.45, 7) is 5.66. The van der Waals surface area contributed by atoms with Crippen LogP contribution in [0.25, 0.3) is 0 Å². The molecule has 0 spiro atoms. The normalized spacial score (nSPS) is 12.7. The first-order valence-electron chi connectivity index (χ1n) is 5.12. The first-order valence-corrected chi connectivity index (χ1v) is 5.12. The first-order chi connectivity index (χ1) is 7.45. The maximum atomic E-state index is 12.4. The summed E-state index contributed by atoms with van der Waals surface area (Å²) in [4.78, 5) is 3.83. The molecule has 1 N–H and O–H groups in total. The average Bonchev–Trinajstić information content (AvgIpc) is 2.19. The summed E-state index contributed by atoms with van der Waals surface area (Å²) in [5.41, 5.74) is 0.576. The highest BCUT2D eigenvalue weighted by Gasteiger charge is 2.40. The lowest BCUT2D eigenvalue weighted by molar-refractivity contribution is -0.157. The van der Waals surface area contributed by atoms with Crippen LogP contribution in [0.1, 0.15) is 31.3 Å². The van der Waals surface area contributed by atoms with E-state index in [1.54, 1.807) is 19.1 Å². The Bertz CT molecular complexity index is 310. The second-order valence-corrected chi connectivity index (χ2v) is 2.97. The van der Waals surface area contributed by atoms with E-state index in [2.05, 4.69) is 10.3 Å². The molecule has 0 saturated carbocycles. The van der Waals surface area contributed by atoms with Crippen molar-refractivity contribution in [1.29, 1.82) is 0 Å². The zero-order chi connectivity index (χ0) is 12.8. The molecule has 16 heavy (non-hydrogen) atoms. The molecule has 0 aliphatic carbocycles. The van der Waals surface area contributed by atoms with E-state index in [0.717, 1.165) is 0 Å². The molecule has 5 heteroatoms. The molecule has 1 aromatic rings. The number of halogens is 3. The fraction of sp³-hybridized carbons (Fsp3) is 0.545. The molecule has 0 bridgehead atoms. The zero-order valence-electron chi connectivity index (χ0n) is 9.89. The molecule has 0 saturated heterocycles. The van der Waals surface area contributed by atoms with E-state index in [-0.39, 0.29) is 5.69 Å². The van der Waals surface area contributed by atoms with Crippen molar-refractivity contribution in [2.45, 2.75) is 33.0 Å². The maximum absolute atomic E-state index is 12.4. The minimum atomic E-state index is -4.31. The smallest absolute Gasteiger partial charge is 0.304 e. The summed E-state index contributed by atoms with van der Waals surface area (Å²) in [6, 6.07) is 2.89. The third-order valence-electron chi connectivity index (χ3n) is 1.82. The SMILES string of the molecule is CC.CNC(c1cccc(C)n1)C(F)(F)F. The van der Waals surface area contributed by atoms with Gasteiger partial charge in [-0.05, 0) is 26.1 Å². The molecule has 0 radical (unpaired) electrons. The number of nitrogens with zero attached hydrogens (tertiary/aromatic N) is 1. The second kappa shape index (κ2) is 6.48. The molecule has 92 valence electrons. The van der Waals surface area contributed by atoms with Crippen molar-refractivity contribution in [3.8, 4) is 0 Å². The largest absolute Gasteiger partial charge is 0.409 e. The molecule has 0 aliphatic rings. The van der Waals surface area contributed by atoms with Gasteiger partial charge in [-0.25, -0.2) is 0 Å². The molecule has 1 unspecified atom stereocenters. The van der Waals surface area contributed by atoms with Gasteiger partial charge in [0, 0.05) is 5.69 Å². The van der Waals surface area contributed by atoms with Gasteiger partial charge in [0.2, 0.25) is 0 Å². The number of aryl methyl sites for hydroxylation is 1. The highest BCUT2D eigenvalue weighted by molar-refractivity contribution is 5.14. The molecule has 0 aromatic carbocycles. The Balaban J connectivity index is 0.00000106. The monoisotopic (exact) mass is 234 g/mol. The van der Waals surface area contributed by atoms with E-state index in [4.69, 9.17) is 0 Å². The van der Waals surface area contributed by atoms with Gasteiger partial charge >= 0.3 is 6.18 Å². The lowest BCUT2D eigenvalue weighted by atomic mass is 10.1. The molecule has 1 heterocycles. The molecule has 1 aromatic heterocycles. The maximum Gasteiger partial charge on any atom is 0.409 e. The Labute approximate surface area is 93.9 Å². The van der Waals surface area contributed by atoms with Gasteiger partial charge in [-0.15, -0.1) is 0 Å². The van der Waals surface area contributed by atoms with Crippen LogP contribution in [-0.4, -0.2) is 18.2 Å². The van der Waals surface area contributed by atoms with Gasteiger partial charge in [-0.3, -0.25) is 4.98 Å². The highest BCUT2D eigenvalue weighted by Crippen LogP contribution is 2.31. The van der Waals surface area contributed by atoms with E-state index in [1.807, 2.05) is 13.8 Å². The van der Waals surface area contributed by atoms with E-state index in [0.29, 0.717) is 5.69 Å². The van der Waals surface area contributed by atoms with E-state index in [9.17, 15) is 13.2 Å². The van der Waals surface area contributed by atoms with Crippen molar-refractivity contribution >= 4 is 0 Å². The van der Waals surface area contributed by atoms with E-state index < -0.39 is 12.2 Å². The van der Waals surface area contributed by atoms with Gasteiger partial charge in [-0.2, -0.15) is 13.2 Å². The van der Waals surface area contributed by atoms with Crippen molar-refractivity contribution in [3.63, 3.8) is 0 Å². The molecule has 1 rings (SSSR count). The lowest BCUT2D eigenvalue weighted by Gasteiger charge is -2.19. The number of rotatable bonds is 2. The van der Waals surface area contributed by atoms with Crippen molar-refractivity contribution in [3.05, 3.63) is 29.6 Å². The lowest BCUT2D eigenvalue weighted by Crippen LogP contribution is -2.32. The van der Waals surface area contributed by atoms with Crippen LogP contribution in [0.15, 0.2) is 18.2 Å². The third-order valence-corrected chi connectivity index (χ3v) is 1.82. The number of hydrogen-bond acceptors (Lipinski definition) is 2. The molecular formula is C11H17F3N2. The third kappa shape index (κ3) is 4.18. The fourth-order valence-corrected chi connectivity index (χ4v) is 1.20. The zero-order valence-corrected chi connectivity index (χ0v) is 9.89. The van der Waals surface area contributed by atoms with Gasteiger partial charge in [0.15, 0.2) is 0 Å². The van der Waals surface area contributed by atoms with Gasteiger partial charge < -0.3 is 5.32 Å². The average molecular weight is 234 g/mol. The van der Waals surface area contributed by atoms with Crippen LogP contribution in [0.3, 0.4) is 0 Å². The Kier molecular flexibility index (Phi) is 6.03. The number of pyridine rings is 1. The molecule has 0 fully saturated rings. The molecule has 1 atom stereocenters. The molecule has 0 amide bonds. The Morgan fingerprint density at radius 2 is 1.81 bits per heavy atom. The Morgan fingerprint density at radius 3 is 2.19 bits per heavy atom. The Morgan fingerprint density at radius 1 is 1.25 bits per heavy atom. The molecule has 0 aliphatic heterocycles. The minimum absolute atomic E-state index is 0.000000000000000444. The molecule has 2 nitrogen and oxygen atoms in total. The van der Waals surface area contributed by atoms with E-state index in [1.165, 1.54) is 13.1 Å². The number of nitrogens with one attached hydrogen (secondary N) is 1. The predicted octanol–water partition coefficient (Wildman–Crippen LogP) is 3.24. The van der Waals surface area contributed by atoms with Crippen LogP contribution in [0, 0.1) is 6.92 Å². The quantitative estimate of drug-likeness (QED) is 0.849. The van der Waals surface area contributed by atoms with Gasteiger partial charge in [0.05, 0.1) is 5.69 Å². The van der Waals surface area contributed by atoms with Gasteiger partial charge in [-0.1, -0.05) is 19.9 Å². The highest BCUT2D eigenvalue weighted by atomic mass is 19.4. The topological polar surface area (TPSA) is 24.9 Å². The predicted molar refractivity (Wildman–Crippen MR) is 58.2 cm³/mol. The van der Waals surface area contributed by atoms with Gasteiger partial charge in [0.25, 0.3) is 0 Å². The van der Waals surface area contributed by atoms with Crippen molar-refractivity contribution in [1.82, 2.24) is 10.3 Å². The molecular weight excluding hydrogens is 217 g/mol. The van der Waals surface area contributed by atoms with Crippen molar-refractivity contribution in [2.24, 2.45) is 0 Å². The second-order valence-electron chi connectivity index (χ2n) is 2.97. The van der Waals surface area contributed by atoms with E-state index >= 15 is 0 Å². The minimum Gasteiger partial charge on any atom is -0.304 e. The number of aromatic nitrogens is 1. The van der Waals surface area contributed by atoms with Crippen molar-refractivity contribution in [2.75, 3.05) is 7.05 Å². The standard InChI is InChI=1S/C9H11F3N2.C2H6/c1-6-4-3-5-7(14-6)8(13-2)9(10,11)12;1-2/h3-5,8,13H,1-2H3;1-2H3. The van der Waals surface area contributed by atoms with Crippen LogP contribution < -0.4 is 5.32 Å². The summed E-state index contributed by atoms with van der Waals surface area (Å²) >= 11 is 0.